The molecule has 0 aromatic heterocycles. The van der Waals surface area contributed by atoms with Crippen molar-refractivity contribution in [3.63, 3.8) is 0 Å². The van der Waals surface area contributed by atoms with Crippen molar-refractivity contribution in [3.05, 3.63) is 28.8 Å². The lowest BCUT2D eigenvalue weighted by Crippen LogP contribution is -2.29. The summed E-state index contributed by atoms with van der Waals surface area (Å²) in [6.45, 7) is 0.189. The van der Waals surface area contributed by atoms with Gasteiger partial charge in [0.1, 0.15) is 12.4 Å². The quantitative estimate of drug-likeness (QED) is 0.925. The maximum Gasteiger partial charge on any atom is 0.416 e. The van der Waals surface area contributed by atoms with Crippen molar-refractivity contribution in [3.8, 4) is 5.75 Å². The first-order valence-electron chi connectivity index (χ1n) is 5.09. The molecule has 0 bridgehead atoms. The molecule has 1 aliphatic rings. The van der Waals surface area contributed by atoms with E-state index in [-0.39, 0.29) is 29.8 Å². The standard InChI is InChI=1S/C11H11ClF3NO.ClH/c12-8-2-1-7(11(13,14)15)5-9(8)17-6-10(16)3-4-10;/h1-2,5H,3-4,6,16H2;1H. The second-order valence-electron chi connectivity index (χ2n) is 4.29. The SMILES string of the molecule is Cl.NC1(COc2cc(C(F)(F)F)ccc2Cl)CC1. The molecule has 102 valence electrons. The van der Waals surface area contributed by atoms with Crippen LogP contribution in [0, 0.1) is 0 Å². The summed E-state index contributed by atoms with van der Waals surface area (Å²) in [6.07, 6.45) is -2.75. The number of hydrogen-bond acceptors (Lipinski definition) is 2. The summed E-state index contributed by atoms with van der Waals surface area (Å²) in [5.74, 6) is 0.0261. The van der Waals surface area contributed by atoms with Gasteiger partial charge in [0.15, 0.2) is 0 Å². The van der Waals surface area contributed by atoms with Gasteiger partial charge >= 0.3 is 6.18 Å². The molecule has 0 radical (unpaired) electrons. The van der Waals surface area contributed by atoms with Gasteiger partial charge in [0.2, 0.25) is 0 Å². The molecule has 2 N–H and O–H groups in total. The van der Waals surface area contributed by atoms with Crippen LogP contribution in [-0.2, 0) is 6.18 Å². The number of halogens is 5. The Morgan fingerprint density at radius 2 is 1.94 bits per heavy atom. The molecule has 2 nitrogen and oxygen atoms in total. The minimum absolute atomic E-state index is 0. The first-order chi connectivity index (χ1) is 7.80. The molecule has 0 atom stereocenters. The van der Waals surface area contributed by atoms with Crippen LogP contribution in [0.2, 0.25) is 5.02 Å². The van der Waals surface area contributed by atoms with Gasteiger partial charge in [0.25, 0.3) is 0 Å². The summed E-state index contributed by atoms with van der Waals surface area (Å²) in [5.41, 5.74) is 4.61. The predicted molar refractivity (Wildman–Crippen MR) is 65.3 cm³/mol. The lowest BCUT2D eigenvalue weighted by molar-refractivity contribution is -0.137. The number of nitrogens with two attached hydrogens (primary N) is 1. The zero-order valence-electron chi connectivity index (χ0n) is 9.26. The Bertz CT molecular complexity index is 433. The summed E-state index contributed by atoms with van der Waals surface area (Å²) in [7, 11) is 0. The number of hydrogen-bond donors (Lipinski definition) is 1. The number of ether oxygens (including phenoxy) is 1. The highest BCUT2D eigenvalue weighted by atomic mass is 35.5. The zero-order chi connectivity index (χ0) is 12.7. The molecule has 0 unspecified atom stereocenters. The van der Waals surface area contributed by atoms with E-state index >= 15 is 0 Å². The van der Waals surface area contributed by atoms with Crippen LogP contribution < -0.4 is 10.5 Å². The Labute approximate surface area is 114 Å². The molecular formula is C11H12Cl2F3NO. The second kappa shape index (κ2) is 5.15. The molecule has 18 heavy (non-hydrogen) atoms. The molecule has 1 aliphatic carbocycles. The third-order valence-electron chi connectivity index (χ3n) is 2.67. The summed E-state index contributed by atoms with van der Waals surface area (Å²) in [5, 5.41) is 0.155. The fourth-order valence-corrected chi connectivity index (χ4v) is 1.49. The molecule has 7 heteroatoms. The van der Waals surface area contributed by atoms with E-state index in [4.69, 9.17) is 22.1 Å². The Morgan fingerprint density at radius 1 is 1.33 bits per heavy atom. The summed E-state index contributed by atoms with van der Waals surface area (Å²) < 4.78 is 42.6. The van der Waals surface area contributed by atoms with Crippen LogP contribution in [0.5, 0.6) is 5.75 Å². The van der Waals surface area contributed by atoms with Crippen molar-refractivity contribution in [1.29, 1.82) is 0 Å². The second-order valence-corrected chi connectivity index (χ2v) is 4.70. The van der Waals surface area contributed by atoms with Crippen LogP contribution in [0.15, 0.2) is 18.2 Å². The topological polar surface area (TPSA) is 35.2 Å². The first kappa shape index (κ1) is 15.4. The van der Waals surface area contributed by atoms with E-state index in [1.54, 1.807) is 0 Å². The Morgan fingerprint density at radius 3 is 2.44 bits per heavy atom. The molecule has 0 spiro atoms. The monoisotopic (exact) mass is 301 g/mol. The molecule has 1 saturated carbocycles. The third kappa shape index (κ3) is 3.67. The van der Waals surface area contributed by atoms with Crippen LogP contribution in [0.25, 0.3) is 0 Å². The fourth-order valence-electron chi connectivity index (χ4n) is 1.32. The number of benzene rings is 1. The van der Waals surface area contributed by atoms with E-state index in [0.717, 1.165) is 25.0 Å². The van der Waals surface area contributed by atoms with Crippen molar-refractivity contribution >= 4 is 24.0 Å². The summed E-state index contributed by atoms with van der Waals surface area (Å²) in [6, 6.07) is 2.99. The van der Waals surface area contributed by atoms with Crippen molar-refractivity contribution < 1.29 is 17.9 Å². The van der Waals surface area contributed by atoms with Crippen LogP contribution in [0.3, 0.4) is 0 Å². The van der Waals surface area contributed by atoms with Gasteiger partial charge in [0.05, 0.1) is 16.1 Å². The van der Waals surface area contributed by atoms with Gasteiger partial charge in [0, 0.05) is 0 Å². The minimum atomic E-state index is -4.40. The average molecular weight is 302 g/mol. The Hall–Kier alpha value is -0.650. The van der Waals surface area contributed by atoms with E-state index in [0.29, 0.717) is 0 Å². The van der Waals surface area contributed by atoms with Crippen molar-refractivity contribution in [2.24, 2.45) is 5.73 Å². The molecular weight excluding hydrogens is 290 g/mol. The molecule has 2 rings (SSSR count). The van der Waals surface area contributed by atoms with Crippen LogP contribution in [0.4, 0.5) is 13.2 Å². The van der Waals surface area contributed by atoms with Gasteiger partial charge in [-0.25, -0.2) is 0 Å². The van der Waals surface area contributed by atoms with Gasteiger partial charge in [-0.1, -0.05) is 11.6 Å². The van der Waals surface area contributed by atoms with Gasteiger partial charge in [-0.05, 0) is 31.0 Å². The highest BCUT2D eigenvalue weighted by Crippen LogP contribution is 2.37. The van der Waals surface area contributed by atoms with Crippen molar-refractivity contribution in [1.82, 2.24) is 0 Å². The average Bonchev–Trinajstić information content (AvgIpc) is 2.94. The Balaban J connectivity index is 0.00000162. The number of rotatable bonds is 3. The minimum Gasteiger partial charge on any atom is -0.490 e. The molecule has 0 heterocycles. The molecule has 0 aliphatic heterocycles. The van der Waals surface area contributed by atoms with E-state index < -0.39 is 17.3 Å². The lowest BCUT2D eigenvalue weighted by Gasteiger charge is -2.14. The molecule has 0 amide bonds. The highest BCUT2D eigenvalue weighted by molar-refractivity contribution is 6.32. The van der Waals surface area contributed by atoms with Crippen LogP contribution in [0.1, 0.15) is 18.4 Å². The van der Waals surface area contributed by atoms with E-state index in [1.807, 2.05) is 0 Å². The lowest BCUT2D eigenvalue weighted by atomic mass is 10.2. The predicted octanol–water partition coefficient (Wildman–Crippen LogP) is 3.65. The van der Waals surface area contributed by atoms with Gasteiger partial charge in [-0.3, -0.25) is 0 Å². The highest BCUT2D eigenvalue weighted by Gasteiger charge is 2.39. The van der Waals surface area contributed by atoms with E-state index in [1.165, 1.54) is 6.07 Å². The maximum atomic E-state index is 12.5. The normalized spacial score (nSPS) is 16.9. The molecule has 1 fully saturated rings. The molecule has 1 aromatic rings. The van der Waals surface area contributed by atoms with Gasteiger partial charge in [-0.2, -0.15) is 13.2 Å². The fraction of sp³-hybridized carbons (Fsp3) is 0.455. The molecule has 1 aromatic carbocycles. The summed E-state index contributed by atoms with van der Waals surface area (Å²) in [4.78, 5) is 0. The van der Waals surface area contributed by atoms with Crippen molar-refractivity contribution in [2.75, 3.05) is 6.61 Å². The third-order valence-corrected chi connectivity index (χ3v) is 2.98. The van der Waals surface area contributed by atoms with E-state index in [9.17, 15) is 13.2 Å². The Kier molecular flexibility index (Phi) is 4.41. The van der Waals surface area contributed by atoms with Crippen LogP contribution in [-0.4, -0.2) is 12.1 Å². The first-order valence-corrected chi connectivity index (χ1v) is 5.46. The zero-order valence-corrected chi connectivity index (χ0v) is 10.8. The maximum absolute atomic E-state index is 12.5. The number of alkyl halides is 3. The van der Waals surface area contributed by atoms with Crippen molar-refractivity contribution in [2.45, 2.75) is 24.6 Å². The molecule has 0 saturated heterocycles. The van der Waals surface area contributed by atoms with Gasteiger partial charge in [-0.15, -0.1) is 12.4 Å². The van der Waals surface area contributed by atoms with E-state index in [2.05, 4.69) is 0 Å². The largest absolute Gasteiger partial charge is 0.490 e. The van der Waals surface area contributed by atoms with Crippen LogP contribution >= 0.6 is 24.0 Å². The van der Waals surface area contributed by atoms with Gasteiger partial charge < -0.3 is 10.5 Å². The summed E-state index contributed by atoms with van der Waals surface area (Å²) >= 11 is 5.76. The smallest absolute Gasteiger partial charge is 0.416 e.